The fraction of sp³-hybridized carbons (Fsp3) is 0.240. The number of benzene rings is 2. The zero-order valence-electron chi connectivity index (χ0n) is 18.2. The monoisotopic (exact) mass is 444 g/mol. The van der Waals surface area contributed by atoms with Crippen LogP contribution < -0.4 is 4.90 Å². The van der Waals surface area contributed by atoms with Crippen molar-refractivity contribution in [3.05, 3.63) is 72.1 Å². The number of pyridine rings is 1. The van der Waals surface area contributed by atoms with E-state index < -0.39 is 5.97 Å². The number of aliphatic hydroxyl groups is 1. The molecule has 3 heterocycles. The van der Waals surface area contributed by atoms with Gasteiger partial charge in [0.25, 0.3) is 0 Å². The topological polar surface area (TPSA) is 101 Å². The van der Waals surface area contributed by atoms with Crippen LogP contribution in [0.4, 0.5) is 5.69 Å². The van der Waals surface area contributed by atoms with Crippen LogP contribution in [-0.2, 0) is 4.74 Å². The quantitative estimate of drug-likeness (QED) is 0.487. The summed E-state index contributed by atoms with van der Waals surface area (Å²) in [5, 5.41) is 24.6. The number of morpholine rings is 1. The molecule has 8 nitrogen and oxygen atoms in total. The summed E-state index contributed by atoms with van der Waals surface area (Å²) in [7, 11) is 0. The summed E-state index contributed by atoms with van der Waals surface area (Å²) < 4.78 is 7.24. The Labute approximate surface area is 190 Å². The van der Waals surface area contributed by atoms with Gasteiger partial charge < -0.3 is 19.8 Å². The molecule has 1 aliphatic heterocycles. The standard InChI is InChI=1S/C25H24N4O4/c1-16-23-21(17-7-9-18(10-8-17)28-11-12-33-20(14-28)15-30)13-22(25(31)32)26-24(23)29(27-16)19-5-3-2-4-6-19/h2-10,13,20,30H,11-12,14-15H2,1H3,(H,31,32). The van der Waals surface area contributed by atoms with Crippen LogP contribution in [0.5, 0.6) is 0 Å². The fourth-order valence-corrected chi connectivity index (χ4v) is 4.29. The van der Waals surface area contributed by atoms with E-state index in [-0.39, 0.29) is 18.4 Å². The van der Waals surface area contributed by atoms with Gasteiger partial charge in [-0.15, -0.1) is 0 Å². The summed E-state index contributed by atoms with van der Waals surface area (Å²) >= 11 is 0. The molecule has 0 radical (unpaired) electrons. The first-order valence-electron chi connectivity index (χ1n) is 10.8. The highest BCUT2D eigenvalue weighted by atomic mass is 16.5. The predicted octanol–water partition coefficient (Wildman–Crippen LogP) is 3.29. The average molecular weight is 444 g/mol. The van der Waals surface area contributed by atoms with Gasteiger partial charge in [0.2, 0.25) is 0 Å². The number of aryl methyl sites for hydroxylation is 1. The maximum Gasteiger partial charge on any atom is 0.354 e. The van der Waals surface area contributed by atoms with Crippen LogP contribution >= 0.6 is 0 Å². The molecule has 8 heteroatoms. The molecule has 1 atom stereocenters. The van der Waals surface area contributed by atoms with Crippen LogP contribution in [0.3, 0.4) is 0 Å². The minimum Gasteiger partial charge on any atom is -0.477 e. The number of aromatic nitrogens is 3. The molecule has 1 unspecified atom stereocenters. The van der Waals surface area contributed by atoms with Crippen LogP contribution in [0.2, 0.25) is 0 Å². The Kier molecular flexibility index (Phi) is 5.53. The normalized spacial score (nSPS) is 16.3. The van der Waals surface area contributed by atoms with E-state index in [9.17, 15) is 15.0 Å². The number of rotatable bonds is 5. The number of fused-ring (bicyclic) bond motifs is 1. The largest absolute Gasteiger partial charge is 0.477 e. The van der Waals surface area contributed by atoms with Crippen LogP contribution in [0.15, 0.2) is 60.7 Å². The average Bonchev–Trinajstić information content (AvgIpc) is 3.20. The Morgan fingerprint density at radius 1 is 1.12 bits per heavy atom. The molecule has 0 saturated carbocycles. The smallest absolute Gasteiger partial charge is 0.354 e. The molecular formula is C25H24N4O4. The van der Waals surface area contributed by atoms with Crippen molar-refractivity contribution in [1.82, 2.24) is 14.8 Å². The molecule has 2 aromatic heterocycles. The lowest BCUT2D eigenvalue weighted by molar-refractivity contribution is 0.00357. The summed E-state index contributed by atoms with van der Waals surface area (Å²) in [4.78, 5) is 18.5. The van der Waals surface area contributed by atoms with Crippen molar-refractivity contribution >= 4 is 22.7 Å². The van der Waals surface area contributed by atoms with Gasteiger partial charge in [0.1, 0.15) is 0 Å². The van der Waals surface area contributed by atoms with E-state index in [0.717, 1.165) is 40.1 Å². The molecule has 33 heavy (non-hydrogen) atoms. The highest BCUT2D eigenvalue weighted by Crippen LogP contribution is 2.33. The van der Waals surface area contributed by atoms with Gasteiger partial charge in [0, 0.05) is 18.8 Å². The van der Waals surface area contributed by atoms with Gasteiger partial charge in [-0.05, 0) is 48.4 Å². The maximum atomic E-state index is 11.9. The Hall–Kier alpha value is -3.75. The van der Waals surface area contributed by atoms with Gasteiger partial charge in [-0.25, -0.2) is 14.5 Å². The minimum atomic E-state index is -1.09. The van der Waals surface area contributed by atoms with Crippen molar-refractivity contribution in [2.75, 3.05) is 31.2 Å². The second-order valence-electron chi connectivity index (χ2n) is 8.06. The van der Waals surface area contributed by atoms with Gasteiger partial charge in [-0.3, -0.25) is 0 Å². The molecule has 2 N–H and O–H groups in total. The third-order valence-corrected chi connectivity index (χ3v) is 5.92. The third kappa shape index (κ3) is 3.94. The van der Waals surface area contributed by atoms with E-state index in [2.05, 4.69) is 15.0 Å². The second kappa shape index (κ2) is 8.65. The Morgan fingerprint density at radius 3 is 2.58 bits per heavy atom. The van der Waals surface area contributed by atoms with Gasteiger partial charge >= 0.3 is 5.97 Å². The number of carboxylic acid groups (broad SMARTS) is 1. The van der Waals surface area contributed by atoms with Crippen molar-refractivity contribution in [1.29, 1.82) is 0 Å². The highest BCUT2D eigenvalue weighted by Gasteiger charge is 2.22. The van der Waals surface area contributed by atoms with Crippen LogP contribution in [-0.4, -0.2) is 63.4 Å². The van der Waals surface area contributed by atoms with Gasteiger partial charge in [0.05, 0.1) is 36.1 Å². The highest BCUT2D eigenvalue weighted by molar-refractivity contribution is 6.00. The van der Waals surface area contributed by atoms with E-state index in [1.807, 2.05) is 61.5 Å². The number of ether oxygens (including phenoxy) is 1. The fourth-order valence-electron chi connectivity index (χ4n) is 4.29. The number of hydrogen-bond acceptors (Lipinski definition) is 6. The molecular weight excluding hydrogens is 420 g/mol. The lowest BCUT2D eigenvalue weighted by atomic mass is 10.0. The van der Waals surface area contributed by atoms with E-state index >= 15 is 0 Å². The summed E-state index contributed by atoms with van der Waals surface area (Å²) in [5.74, 6) is -1.09. The lowest BCUT2D eigenvalue weighted by Crippen LogP contribution is -2.44. The number of aliphatic hydroxyl groups excluding tert-OH is 1. The van der Waals surface area contributed by atoms with Crippen molar-refractivity contribution in [2.24, 2.45) is 0 Å². The Morgan fingerprint density at radius 2 is 1.88 bits per heavy atom. The first-order valence-corrected chi connectivity index (χ1v) is 10.8. The predicted molar refractivity (Wildman–Crippen MR) is 125 cm³/mol. The molecule has 0 spiro atoms. The second-order valence-corrected chi connectivity index (χ2v) is 8.06. The molecule has 0 amide bonds. The SMILES string of the molecule is Cc1nn(-c2ccccc2)c2nc(C(=O)O)cc(-c3ccc(N4CCOC(CO)C4)cc3)c12. The molecule has 168 valence electrons. The molecule has 0 aliphatic carbocycles. The summed E-state index contributed by atoms with van der Waals surface area (Å²) in [6.07, 6.45) is -0.192. The van der Waals surface area contributed by atoms with E-state index in [1.165, 1.54) is 0 Å². The molecule has 1 saturated heterocycles. The van der Waals surface area contributed by atoms with Gasteiger partial charge in [-0.1, -0.05) is 30.3 Å². The first kappa shape index (κ1) is 21.1. The first-order chi connectivity index (χ1) is 16.0. The number of carbonyl (C=O) groups is 1. The van der Waals surface area contributed by atoms with Crippen molar-refractivity contribution in [3.8, 4) is 16.8 Å². The van der Waals surface area contributed by atoms with Crippen LogP contribution in [0.25, 0.3) is 27.8 Å². The zero-order valence-corrected chi connectivity index (χ0v) is 18.2. The van der Waals surface area contributed by atoms with E-state index in [1.54, 1.807) is 10.7 Å². The van der Waals surface area contributed by atoms with Crippen molar-refractivity contribution in [3.63, 3.8) is 0 Å². The lowest BCUT2D eigenvalue weighted by Gasteiger charge is -2.33. The summed E-state index contributed by atoms with van der Waals surface area (Å²) in [6.45, 7) is 3.84. The third-order valence-electron chi connectivity index (χ3n) is 5.92. The molecule has 1 fully saturated rings. The van der Waals surface area contributed by atoms with Gasteiger partial charge in [-0.2, -0.15) is 5.10 Å². The van der Waals surface area contributed by atoms with Crippen molar-refractivity contribution < 1.29 is 19.7 Å². The molecule has 2 aromatic carbocycles. The maximum absolute atomic E-state index is 11.9. The number of para-hydroxylation sites is 1. The van der Waals surface area contributed by atoms with Crippen molar-refractivity contribution in [2.45, 2.75) is 13.0 Å². The zero-order chi connectivity index (χ0) is 22.9. The number of nitrogens with zero attached hydrogens (tertiary/aromatic N) is 4. The Bertz CT molecular complexity index is 1300. The number of carboxylic acids is 1. The Balaban J connectivity index is 1.60. The minimum absolute atomic E-state index is 0.00771. The van der Waals surface area contributed by atoms with E-state index in [0.29, 0.717) is 18.8 Å². The summed E-state index contributed by atoms with van der Waals surface area (Å²) in [5.41, 5.74) is 4.76. The molecule has 0 bridgehead atoms. The van der Waals surface area contributed by atoms with Crippen LogP contribution in [0, 0.1) is 6.92 Å². The molecule has 5 rings (SSSR count). The molecule has 4 aromatic rings. The number of hydrogen-bond donors (Lipinski definition) is 2. The number of anilines is 1. The van der Waals surface area contributed by atoms with E-state index in [4.69, 9.17) is 4.74 Å². The number of aromatic carboxylic acids is 1. The molecule has 1 aliphatic rings. The summed E-state index contributed by atoms with van der Waals surface area (Å²) in [6, 6.07) is 19.2. The van der Waals surface area contributed by atoms with Gasteiger partial charge in [0.15, 0.2) is 11.3 Å². The van der Waals surface area contributed by atoms with Crippen LogP contribution in [0.1, 0.15) is 16.2 Å².